The van der Waals surface area contributed by atoms with Crippen LogP contribution in [-0.2, 0) is 6.54 Å². The van der Waals surface area contributed by atoms with Gasteiger partial charge in [0, 0.05) is 18.3 Å². The van der Waals surface area contributed by atoms with Crippen LogP contribution in [0.15, 0.2) is 29.2 Å². The first-order chi connectivity index (χ1) is 9.29. The standard InChI is InChI=1S/C12H15N5O2/c1-2-4-13-10-6-9(3-5-14-10)12(18)15-7-11-16-8-19-17-11/h3,5-6,8H,2,4,7H2,1H3,(H,13,14)(H,15,18). The maximum atomic E-state index is 11.9. The Hall–Kier alpha value is -2.44. The van der Waals surface area contributed by atoms with Crippen molar-refractivity contribution in [1.29, 1.82) is 0 Å². The van der Waals surface area contributed by atoms with Gasteiger partial charge in [-0.05, 0) is 18.6 Å². The lowest BCUT2D eigenvalue weighted by Gasteiger charge is -2.06. The maximum Gasteiger partial charge on any atom is 0.251 e. The number of rotatable bonds is 6. The SMILES string of the molecule is CCCNc1cc(C(=O)NCc2ncon2)ccn1. The van der Waals surface area contributed by atoms with Crippen molar-refractivity contribution >= 4 is 11.7 Å². The van der Waals surface area contributed by atoms with Gasteiger partial charge in [0.05, 0.1) is 6.54 Å². The molecule has 0 aliphatic heterocycles. The van der Waals surface area contributed by atoms with E-state index in [2.05, 4.69) is 37.2 Å². The predicted molar refractivity (Wildman–Crippen MR) is 68.5 cm³/mol. The molecular weight excluding hydrogens is 246 g/mol. The molecule has 2 rings (SSSR count). The molecule has 0 aliphatic rings. The fraction of sp³-hybridized carbons (Fsp3) is 0.333. The van der Waals surface area contributed by atoms with E-state index in [9.17, 15) is 4.79 Å². The molecule has 7 heteroatoms. The molecule has 0 radical (unpaired) electrons. The quantitative estimate of drug-likeness (QED) is 0.812. The second-order valence-electron chi connectivity index (χ2n) is 3.89. The molecule has 2 N–H and O–H groups in total. The number of amides is 1. The van der Waals surface area contributed by atoms with E-state index in [1.807, 2.05) is 0 Å². The van der Waals surface area contributed by atoms with E-state index in [-0.39, 0.29) is 12.5 Å². The van der Waals surface area contributed by atoms with Crippen LogP contribution in [0.25, 0.3) is 0 Å². The molecule has 100 valence electrons. The van der Waals surface area contributed by atoms with Gasteiger partial charge in [0.1, 0.15) is 5.82 Å². The van der Waals surface area contributed by atoms with Gasteiger partial charge in [-0.15, -0.1) is 0 Å². The topological polar surface area (TPSA) is 92.9 Å². The lowest BCUT2D eigenvalue weighted by Crippen LogP contribution is -2.23. The Morgan fingerprint density at radius 2 is 2.32 bits per heavy atom. The van der Waals surface area contributed by atoms with Crippen LogP contribution in [0.5, 0.6) is 0 Å². The van der Waals surface area contributed by atoms with Gasteiger partial charge >= 0.3 is 0 Å². The molecule has 2 aromatic heterocycles. The Morgan fingerprint density at radius 1 is 1.42 bits per heavy atom. The zero-order chi connectivity index (χ0) is 13.5. The number of hydrogen-bond acceptors (Lipinski definition) is 6. The zero-order valence-electron chi connectivity index (χ0n) is 10.6. The fourth-order valence-electron chi connectivity index (χ4n) is 1.45. The van der Waals surface area contributed by atoms with Crippen molar-refractivity contribution in [3.8, 4) is 0 Å². The number of hydrogen-bond donors (Lipinski definition) is 2. The molecule has 1 amide bonds. The molecule has 2 heterocycles. The van der Waals surface area contributed by atoms with Crippen LogP contribution in [-0.4, -0.2) is 27.6 Å². The molecule has 0 bridgehead atoms. The molecule has 0 aromatic carbocycles. The number of pyridine rings is 1. The third kappa shape index (κ3) is 3.77. The number of carbonyl (C=O) groups excluding carboxylic acids is 1. The lowest BCUT2D eigenvalue weighted by molar-refractivity contribution is 0.0949. The average molecular weight is 261 g/mol. The molecule has 0 saturated heterocycles. The number of aromatic nitrogens is 3. The van der Waals surface area contributed by atoms with E-state index in [1.165, 1.54) is 6.39 Å². The molecule has 0 fully saturated rings. The largest absolute Gasteiger partial charge is 0.370 e. The smallest absolute Gasteiger partial charge is 0.251 e. The number of nitrogens with one attached hydrogen (secondary N) is 2. The summed E-state index contributed by atoms with van der Waals surface area (Å²) in [6.45, 7) is 3.12. The van der Waals surface area contributed by atoms with E-state index in [1.54, 1.807) is 18.3 Å². The molecular formula is C12H15N5O2. The lowest BCUT2D eigenvalue weighted by atomic mass is 10.2. The summed E-state index contributed by atoms with van der Waals surface area (Å²) in [5.41, 5.74) is 0.539. The van der Waals surface area contributed by atoms with E-state index >= 15 is 0 Å². The molecule has 0 aliphatic carbocycles. The van der Waals surface area contributed by atoms with Gasteiger partial charge < -0.3 is 15.2 Å². The number of nitrogens with zero attached hydrogens (tertiary/aromatic N) is 3. The Morgan fingerprint density at radius 3 is 3.05 bits per heavy atom. The van der Waals surface area contributed by atoms with E-state index < -0.39 is 0 Å². The molecule has 2 aromatic rings. The van der Waals surface area contributed by atoms with Crippen LogP contribution in [0.3, 0.4) is 0 Å². The Labute approximate surface area is 110 Å². The molecule has 0 saturated carbocycles. The Bertz CT molecular complexity index is 527. The average Bonchev–Trinajstić information content (AvgIpc) is 2.96. The normalized spacial score (nSPS) is 10.2. The molecule has 0 spiro atoms. The highest BCUT2D eigenvalue weighted by Gasteiger charge is 2.08. The van der Waals surface area contributed by atoms with Gasteiger partial charge in [-0.3, -0.25) is 4.79 Å². The highest BCUT2D eigenvalue weighted by molar-refractivity contribution is 5.94. The van der Waals surface area contributed by atoms with Crippen molar-refractivity contribution in [3.63, 3.8) is 0 Å². The second kappa shape index (κ2) is 6.48. The van der Waals surface area contributed by atoms with Gasteiger partial charge in [0.15, 0.2) is 5.82 Å². The zero-order valence-corrected chi connectivity index (χ0v) is 10.6. The van der Waals surface area contributed by atoms with Crippen LogP contribution < -0.4 is 10.6 Å². The van der Waals surface area contributed by atoms with Gasteiger partial charge in [-0.1, -0.05) is 12.1 Å². The third-order valence-electron chi connectivity index (χ3n) is 2.39. The number of anilines is 1. The molecule has 0 unspecified atom stereocenters. The molecule has 0 atom stereocenters. The monoisotopic (exact) mass is 261 g/mol. The maximum absolute atomic E-state index is 11.9. The van der Waals surface area contributed by atoms with Gasteiger partial charge in [-0.2, -0.15) is 4.98 Å². The summed E-state index contributed by atoms with van der Waals surface area (Å²) >= 11 is 0. The van der Waals surface area contributed by atoms with Crippen LogP contribution in [0.2, 0.25) is 0 Å². The van der Waals surface area contributed by atoms with Crippen LogP contribution >= 0.6 is 0 Å². The van der Waals surface area contributed by atoms with Crippen molar-refractivity contribution in [3.05, 3.63) is 36.1 Å². The minimum atomic E-state index is -0.202. The van der Waals surface area contributed by atoms with Crippen LogP contribution in [0.4, 0.5) is 5.82 Å². The van der Waals surface area contributed by atoms with Crippen LogP contribution in [0, 0.1) is 0 Å². The van der Waals surface area contributed by atoms with Crippen molar-refractivity contribution in [2.45, 2.75) is 19.9 Å². The van der Waals surface area contributed by atoms with Crippen molar-refractivity contribution in [2.24, 2.45) is 0 Å². The first kappa shape index (κ1) is 13.0. The predicted octanol–water partition coefficient (Wildman–Crippen LogP) is 1.22. The Kier molecular flexibility index (Phi) is 4.44. The number of carbonyl (C=O) groups is 1. The van der Waals surface area contributed by atoms with Crippen LogP contribution in [0.1, 0.15) is 29.5 Å². The van der Waals surface area contributed by atoms with Gasteiger partial charge in [0.2, 0.25) is 6.39 Å². The highest BCUT2D eigenvalue weighted by Crippen LogP contribution is 2.07. The van der Waals surface area contributed by atoms with Gasteiger partial charge in [-0.25, -0.2) is 4.98 Å². The van der Waals surface area contributed by atoms with Crippen molar-refractivity contribution < 1.29 is 9.32 Å². The summed E-state index contributed by atoms with van der Waals surface area (Å²) in [5, 5.41) is 9.45. The summed E-state index contributed by atoms with van der Waals surface area (Å²) < 4.78 is 4.58. The second-order valence-corrected chi connectivity index (χ2v) is 3.89. The summed E-state index contributed by atoms with van der Waals surface area (Å²) in [7, 11) is 0. The summed E-state index contributed by atoms with van der Waals surface area (Å²) in [6, 6.07) is 3.36. The Balaban J connectivity index is 1.94. The van der Waals surface area contributed by atoms with E-state index in [4.69, 9.17) is 0 Å². The fourth-order valence-corrected chi connectivity index (χ4v) is 1.45. The van der Waals surface area contributed by atoms with Crippen molar-refractivity contribution in [2.75, 3.05) is 11.9 Å². The van der Waals surface area contributed by atoms with E-state index in [0.717, 1.165) is 13.0 Å². The summed E-state index contributed by atoms with van der Waals surface area (Å²) in [6.07, 6.45) is 3.82. The molecule has 19 heavy (non-hydrogen) atoms. The summed E-state index contributed by atoms with van der Waals surface area (Å²) in [4.78, 5) is 19.9. The first-order valence-corrected chi connectivity index (χ1v) is 6.03. The summed E-state index contributed by atoms with van der Waals surface area (Å²) in [5.74, 6) is 0.924. The van der Waals surface area contributed by atoms with Crippen molar-refractivity contribution in [1.82, 2.24) is 20.4 Å². The minimum absolute atomic E-state index is 0.202. The molecule has 7 nitrogen and oxygen atoms in total. The van der Waals surface area contributed by atoms with E-state index in [0.29, 0.717) is 17.2 Å². The minimum Gasteiger partial charge on any atom is -0.370 e. The van der Waals surface area contributed by atoms with Gasteiger partial charge in [0.25, 0.3) is 5.91 Å². The third-order valence-corrected chi connectivity index (χ3v) is 2.39. The highest BCUT2D eigenvalue weighted by atomic mass is 16.5. The first-order valence-electron chi connectivity index (χ1n) is 6.03.